The first-order chi connectivity index (χ1) is 9.12. The summed E-state index contributed by atoms with van der Waals surface area (Å²) in [6.07, 6.45) is 0.658. The smallest absolute Gasteiger partial charge is 0.306 e. The van der Waals surface area contributed by atoms with Crippen molar-refractivity contribution < 1.29 is 24.7 Å². The summed E-state index contributed by atoms with van der Waals surface area (Å²) in [6.45, 7) is 0.992. The van der Waals surface area contributed by atoms with E-state index in [4.69, 9.17) is 5.11 Å². The first-order valence-corrected chi connectivity index (χ1v) is 5.65. The summed E-state index contributed by atoms with van der Waals surface area (Å²) in [5, 5.41) is 31.2. The lowest BCUT2D eigenvalue weighted by molar-refractivity contribution is -0.384. The monoisotopic (exact) mass is 285 g/mol. The summed E-state index contributed by atoms with van der Waals surface area (Å²) in [5.41, 5.74) is -1.78. The van der Waals surface area contributed by atoms with Gasteiger partial charge in [-0.2, -0.15) is 0 Å². The fourth-order valence-electron chi connectivity index (χ4n) is 1.62. The summed E-state index contributed by atoms with van der Waals surface area (Å²) in [5.74, 6) is -1.83. The number of carbonyl (C=O) groups is 2. The van der Waals surface area contributed by atoms with Crippen molar-refractivity contribution in [1.29, 1.82) is 0 Å². The topological polar surface area (TPSA) is 135 Å². The van der Waals surface area contributed by atoms with Crippen LogP contribution in [0.25, 0.3) is 0 Å². The molecule has 0 spiro atoms. The van der Waals surface area contributed by atoms with Crippen molar-refractivity contribution in [3.05, 3.63) is 28.1 Å². The van der Waals surface area contributed by atoms with Crippen molar-refractivity contribution in [1.82, 2.24) is 9.88 Å². The number of carboxylic acid groups (broad SMARTS) is 1. The number of aryl methyl sites for hydroxylation is 1. The summed E-state index contributed by atoms with van der Waals surface area (Å²) in [7, 11) is 1.47. The number of hydrogen-bond acceptors (Lipinski definition) is 5. The summed E-state index contributed by atoms with van der Waals surface area (Å²) in [6, 6.07) is 1.10. The molecule has 1 atom stereocenters. The Morgan fingerprint density at radius 1 is 1.55 bits per heavy atom. The van der Waals surface area contributed by atoms with Gasteiger partial charge in [0.1, 0.15) is 5.69 Å². The Morgan fingerprint density at radius 2 is 2.15 bits per heavy atom. The first kappa shape index (κ1) is 15.6. The van der Waals surface area contributed by atoms with Crippen LogP contribution in [0, 0.1) is 10.1 Å². The molecule has 1 rings (SSSR count). The third kappa shape index (κ3) is 4.05. The number of amides is 1. The lowest BCUT2D eigenvalue weighted by atomic mass is 10.0. The highest BCUT2D eigenvalue weighted by Gasteiger charge is 2.26. The summed E-state index contributed by atoms with van der Waals surface area (Å²) in [4.78, 5) is 32.3. The molecule has 1 amide bonds. The van der Waals surface area contributed by atoms with E-state index in [-0.39, 0.29) is 17.9 Å². The molecule has 1 aromatic heterocycles. The lowest BCUT2D eigenvalue weighted by Gasteiger charge is -2.21. The minimum absolute atomic E-state index is 0.0443. The molecule has 1 aromatic rings. The van der Waals surface area contributed by atoms with E-state index in [0.717, 1.165) is 6.07 Å². The van der Waals surface area contributed by atoms with Gasteiger partial charge in [0, 0.05) is 19.7 Å². The number of aliphatic hydroxyl groups is 1. The molecule has 0 fully saturated rings. The van der Waals surface area contributed by atoms with Crippen LogP contribution in [0.4, 0.5) is 5.69 Å². The van der Waals surface area contributed by atoms with Gasteiger partial charge in [-0.05, 0) is 6.92 Å². The number of rotatable bonds is 6. The normalized spacial score (nSPS) is 13.6. The van der Waals surface area contributed by atoms with E-state index in [0.29, 0.717) is 0 Å². The molecular formula is C11H15N3O6. The minimum Gasteiger partial charge on any atom is -0.481 e. The van der Waals surface area contributed by atoms with Crippen LogP contribution in [-0.2, 0) is 11.8 Å². The molecule has 3 N–H and O–H groups in total. The SMILES string of the molecule is Cn1cc([N+](=O)[O-])cc1C(=O)NCC(C)(O)CC(=O)O. The van der Waals surface area contributed by atoms with Crippen LogP contribution in [0.3, 0.4) is 0 Å². The van der Waals surface area contributed by atoms with Crippen molar-refractivity contribution >= 4 is 17.6 Å². The van der Waals surface area contributed by atoms with Crippen LogP contribution in [0.15, 0.2) is 12.3 Å². The molecule has 1 unspecified atom stereocenters. The third-order valence-electron chi connectivity index (χ3n) is 2.60. The van der Waals surface area contributed by atoms with Gasteiger partial charge in [0.25, 0.3) is 11.6 Å². The van der Waals surface area contributed by atoms with Crippen LogP contribution in [0.2, 0.25) is 0 Å². The third-order valence-corrected chi connectivity index (χ3v) is 2.60. The summed E-state index contributed by atoms with van der Waals surface area (Å²) >= 11 is 0. The van der Waals surface area contributed by atoms with E-state index in [1.54, 1.807) is 0 Å². The zero-order valence-electron chi connectivity index (χ0n) is 11.0. The zero-order valence-corrected chi connectivity index (χ0v) is 11.0. The largest absolute Gasteiger partial charge is 0.481 e. The second-order valence-electron chi connectivity index (χ2n) is 4.70. The number of carbonyl (C=O) groups excluding carboxylic acids is 1. The standard InChI is InChI=1S/C11H15N3O6/c1-11(18,4-9(15)16)6-12-10(17)8-3-7(14(19)20)5-13(8)2/h3,5,18H,4,6H2,1-2H3,(H,12,17)(H,15,16). The molecule has 1 heterocycles. The highest BCUT2D eigenvalue weighted by molar-refractivity contribution is 5.93. The lowest BCUT2D eigenvalue weighted by Crippen LogP contribution is -2.42. The van der Waals surface area contributed by atoms with Crippen LogP contribution in [-0.4, -0.2) is 43.7 Å². The number of carboxylic acids is 1. The first-order valence-electron chi connectivity index (χ1n) is 5.65. The maximum atomic E-state index is 11.8. The molecule has 0 radical (unpaired) electrons. The molecular weight excluding hydrogens is 270 g/mol. The van der Waals surface area contributed by atoms with Gasteiger partial charge < -0.3 is 20.1 Å². The molecule has 0 aromatic carbocycles. The Balaban J connectivity index is 2.72. The van der Waals surface area contributed by atoms with Crippen molar-refractivity contribution in [2.24, 2.45) is 7.05 Å². The molecule has 20 heavy (non-hydrogen) atoms. The number of nitrogens with one attached hydrogen (secondary N) is 1. The number of aromatic nitrogens is 1. The van der Waals surface area contributed by atoms with E-state index in [1.165, 1.54) is 24.7 Å². The Kier molecular flexibility index (Phi) is 4.45. The van der Waals surface area contributed by atoms with Crippen molar-refractivity contribution in [2.45, 2.75) is 18.9 Å². The quantitative estimate of drug-likeness (QED) is 0.493. The van der Waals surface area contributed by atoms with E-state index in [9.17, 15) is 24.8 Å². The average molecular weight is 285 g/mol. The number of nitrogens with zero attached hydrogens (tertiary/aromatic N) is 2. The van der Waals surface area contributed by atoms with Gasteiger partial charge in [-0.25, -0.2) is 0 Å². The van der Waals surface area contributed by atoms with Crippen LogP contribution >= 0.6 is 0 Å². The van der Waals surface area contributed by atoms with Crippen molar-refractivity contribution in [3.63, 3.8) is 0 Å². The van der Waals surface area contributed by atoms with Gasteiger partial charge in [-0.1, -0.05) is 0 Å². The second-order valence-corrected chi connectivity index (χ2v) is 4.70. The van der Waals surface area contributed by atoms with Crippen molar-refractivity contribution in [2.75, 3.05) is 6.54 Å². The van der Waals surface area contributed by atoms with E-state index in [1.807, 2.05) is 0 Å². The molecule has 110 valence electrons. The maximum absolute atomic E-state index is 11.8. The molecule has 0 bridgehead atoms. The molecule has 9 heteroatoms. The summed E-state index contributed by atoms with van der Waals surface area (Å²) < 4.78 is 1.28. The van der Waals surface area contributed by atoms with Gasteiger partial charge in [-0.3, -0.25) is 19.7 Å². The Labute approximate surface area is 114 Å². The van der Waals surface area contributed by atoms with Gasteiger partial charge in [0.15, 0.2) is 0 Å². The average Bonchev–Trinajstić information content (AvgIpc) is 2.67. The van der Waals surface area contributed by atoms with Gasteiger partial charge >= 0.3 is 5.97 Å². The minimum atomic E-state index is -1.60. The van der Waals surface area contributed by atoms with E-state index in [2.05, 4.69) is 5.32 Å². The van der Waals surface area contributed by atoms with Gasteiger partial charge in [0.2, 0.25) is 0 Å². The number of hydrogen-bond donors (Lipinski definition) is 3. The molecule has 0 aliphatic carbocycles. The van der Waals surface area contributed by atoms with Gasteiger partial charge in [0.05, 0.1) is 23.1 Å². The Morgan fingerprint density at radius 3 is 2.60 bits per heavy atom. The fraction of sp³-hybridized carbons (Fsp3) is 0.455. The number of aliphatic carboxylic acids is 1. The van der Waals surface area contributed by atoms with E-state index < -0.39 is 28.8 Å². The fourth-order valence-corrected chi connectivity index (χ4v) is 1.62. The second kappa shape index (κ2) is 5.70. The Hall–Kier alpha value is -2.42. The molecule has 9 nitrogen and oxygen atoms in total. The van der Waals surface area contributed by atoms with Crippen molar-refractivity contribution in [3.8, 4) is 0 Å². The molecule has 0 saturated heterocycles. The Bertz CT molecular complexity index is 548. The molecule has 0 saturated carbocycles. The van der Waals surface area contributed by atoms with E-state index >= 15 is 0 Å². The highest BCUT2D eigenvalue weighted by atomic mass is 16.6. The van der Waals surface area contributed by atoms with Crippen LogP contribution in [0.5, 0.6) is 0 Å². The van der Waals surface area contributed by atoms with Crippen LogP contribution < -0.4 is 5.32 Å². The predicted molar refractivity (Wildman–Crippen MR) is 67.3 cm³/mol. The predicted octanol–water partition coefficient (Wildman–Crippen LogP) is -0.111. The maximum Gasteiger partial charge on any atom is 0.306 e. The molecule has 0 aliphatic rings. The zero-order chi connectivity index (χ0) is 15.5. The molecule has 0 aliphatic heterocycles. The van der Waals surface area contributed by atoms with Crippen LogP contribution in [0.1, 0.15) is 23.8 Å². The van der Waals surface area contributed by atoms with Gasteiger partial charge in [-0.15, -0.1) is 0 Å². The number of nitro groups is 1. The highest BCUT2D eigenvalue weighted by Crippen LogP contribution is 2.15.